The predicted octanol–water partition coefficient (Wildman–Crippen LogP) is 2.08. The van der Waals surface area contributed by atoms with E-state index < -0.39 is 0 Å². The number of nitrogens with one attached hydrogen (secondary N) is 1. The van der Waals surface area contributed by atoms with Gasteiger partial charge in [0, 0.05) is 18.9 Å². The summed E-state index contributed by atoms with van der Waals surface area (Å²) >= 11 is 0. The number of hydrogen-bond acceptors (Lipinski definition) is 2. The molecule has 3 nitrogen and oxygen atoms in total. The van der Waals surface area contributed by atoms with Crippen molar-refractivity contribution < 1.29 is 0 Å². The molecule has 16 heavy (non-hydrogen) atoms. The second-order valence-corrected chi connectivity index (χ2v) is 3.74. The summed E-state index contributed by atoms with van der Waals surface area (Å²) < 4.78 is 2.14. The van der Waals surface area contributed by atoms with Crippen LogP contribution < -0.4 is 5.32 Å². The van der Waals surface area contributed by atoms with Gasteiger partial charge in [0.2, 0.25) is 0 Å². The summed E-state index contributed by atoms with van der Waals surface area (Å²) in [5.41, 5.74) is 1.31. The summed E-state index contributed by atoms with van der Waals surface area (Å²) in [6.45, 7) is 4.03. The minimum Gasteiger partial charge on any atom is -0.329 e. The SMILES string of the molecule is CCNCC(c1ccccc1)n1ccnc1. The molecule has 1 N–H and O–H groups in total. The molecule has 1 unspecified atom stereocenters. The minimum atomic E-state index is 0.323. The quantitative estimate of drug-likeness (QED) is 0.827. The molecule has 1 atom stereocenters. The van der Waals surface area contributed by atoms with Crippen LogP contribution in [0, 0.1) is 0 Å². The van der Waals surface area contributed by atoms with Crippen molar-refractivity contribution in [1.82, 2.24) is 14.9 Å². The van der Waals surface area contributed by atoms with Crippen LogP contribution in [-0.4, -0.2) is 22.6 Å². The maximum absolute atomic E-state index is 4.11. The normalized spacial score (nSPS) is 12.6. The fourth-order valence-electron chi connectivity index (χ4n) is 1.81. The first-order valence-corrected chi connectivity index (χ1v) is 5.65. The average Bonchev–Trinajstić information content (AvgIpc) is 2.85. The van der Waals surface area contributed by atoms with E-state index in [9.17, 15) is 0 Å². The molecule has 0 amide bonds. The number of imidazole rings is 1. The van der Waals surface area contributed by atoms with Gasteiger partial charge in [-0.15, -0.1) is 0 Å². The lowest BCUT2D eigenvalue weighted by Gasteiger charge is -2.19. The highest BCUT2D eigenvalue weighted by Crippen LogP contribution is 2.16. The molecule has 0 aliphatic rings. The van der Waals surface area contributed by atoms with Gasteiger partial charge in [-0.2, -0.15) is 0 Å². The lowest BCUT2D eigenvalue weighted by atomic mass is 10.1. The lowest BCUT2D eigenvalue weighted by molar-refractivity contribution is 0.530. The molecule has 0 radical (unpaired) electrons. The Morgan fingerprint density at radius 3 is 2.75 bits per heavy atom. The molecule has 0 fully saturated rings. The van der Waals surface area contributed by atoms with Gasteiger partial charge >= 0.3 is 0 Å². The number of aromatic nitrogens is 2. The second kappa shape index (κ2) is 5.47. The number of hydrogen-bond donors (Lipinski definition) is 1. The average molecular weight is 215 g/mol. The van der Waals surface area contributed by atoms with Gasteiger partial charge in [0.15, 0.2) is 0 Å². The Morgan fingerprint density at radius 1 is 1.31 bits per heavy atom. The molecule has 0 spiro atoms. The van der Waals surface area contributed by atoms with Crippen LogP contribution >= 0.6 is 0 Å². The first-order chi connectivity index (χ1) is 7.92. The van der Waals surface area contributed by atoms with E-state index in [1.54, 1.807) is 0 Å². The van der Waals surface area contributed by atoms with Gasteiger partial charge in [0.05, 0.1) is 12.4 Å². The lowest BCUT2D eigenvalue weighted by Crippen LogP contribution is -2.25. The molecule has 2 rings (SSSR count). The number of benzene rings is 1. The van der Waals surface area contributed by atoms with Crippen molar-refractivity contribution in [3.8, 4) is 0 Å². The van der Waals surface area contributed by atoms with Crippen molar-refractivity contribution in [2.24, 2.45) is 0 Å². The number of likely N-dealkylation sites (N-methyl/N-ethyl adjacent to an activating group) is 1. The molecule has 84 valence electrons. The second-order valence-electron chi connectivity index (χ2n) is 3.74. The van der Waals surface area contributed by atoms with E-state index in [-0.39, 0.29) is 0 Å². The Labute approximate surface area is 96.1 Å². The highest BCUT2D eigenvalue weighted by Gasteiger charge is 2.11. The molecule has 2 aromatic rings. The van der Waals surface area contributed by atoms with Crippen molar-refractivity contribution in [3.05, 3.63) is 54.6 Å². The Hall–Kier alpha value is -1.61. The summed E-state index contributed by atoms with van der Waals surface area (Å²) in [5, 5.41) is 3.39. The molecule has 0 aliphatic heterocycles. The molecule has 1 heterocycles. The Bertz CT molecular complexity index is 394. The highest BCUT2D eigenvalue weighted by atomic mass is 15.1. The number of nitrogens with zero attached hydrogens (tertiary/aromatic N) is 2. The van der Waals surface area contributed by atoms with Gasteiger partial charge in [0.1, 0.15) is 0 Å². The van der Waals surface area contributed by atoms with Crippen molar-refractivity contribution in [2.45, 2.75) is 13.0 Å². The smallest absolute Gasteiger partial charge is 0.0952 e. The van der Waals surface area contributed by atoms with Gasteiger partial charge in [-0.25, -0.2) is 4.98 Å². The summed E-state index contributed by atoms with van der Waals surface area (Å²) in [6, 6.07) is 10.8. The molecule has 1 aromatic carbocycles. The molecule has 1 aromatic heterocycles. The van der Waals surface area contributed by atoms with Crippen molar-refractivity contribution in [1.29, 1.82) is 0 Å². The van der Waals surface area contributed by atoms with E-state index in [1.807, 2.05) is 24.8 Å². The van der Waals surface area contributed by atoms with Crippen LogP contribution in [0.3, 0.4) is 0 Å². The summed E-state index contributed by atoms with van der Waals surface area (Å²) in [5.74, 6) is 0. The van der Waals surface area contributed by atoms with Crippen LogP contribution in [0.15, 0.2) is 49.1 Å². The zero-order chi connectivity index (χ0) is 11.2. The van der Waals surface area contributed by atoms with Crippen LogP contribution in [0.5, 0.6) is 0 Å². The van der Waals surface area contributed by atoms with E-state index in [4.69, 9.17) is 0 Å². The number of rotatable bonds is 5. The van der Waals surface area contributed by atoms with Gasteiger partial charge in [0.25, 0.3) is 0 Å². The maximum atomic E-state index is 4.11. The maximum Gasteiger partial charge on any atom is 0.0952 e. The fourth-order valence-corrected chi connectivity index (χ4v) is 1.81. The standard InChI is InChI=1S/C13H17N3/c1-2-14-10-13(16-9-8-15-11-16)12-6-4-3-5-7-12/h3-9,11,13-14H,2,10H2,1H3. The third kappa shape index (κ3) is 2.49. The monoisotopic (exact) mass is 215 g/mol. The first-order valence-electron chi connectivity index (χ1n) is 5.65. The topological polar surface area (TPSA) is 29.9 Å². The van der Waals surface area contributed by atoms with Crippen LogP contribution in [0.25, 0.3) is 0 Å². The molecular weight excluding hydrogens is 198 g/mol. The van der Waals surface area contributed by atoms with Crippen LogP contribution in [-0.2, 0) is 0 Å². The Morgan fingerprint density at radius 2 is 2.12 bits per heavy atom. The van der Waals surface area contributed by atoms with E-state index in [0.717, 1.165) is 13.1 Å². The molecule has 0 bridgehead atoms. The molecular formula is C13H17N3. The van der Waals surface area contributed by atoms with Crippen LogP contribution in [0.4, 0.5) is 0 Å². The zero-order valence-electron chi connectivity index (χ0n) is 9.50. The molecule has 3 heteroatoms. The third-order valence-corrected chi connectivity index (χ3v) is 2.66. The predicted molar refractivity (Wildman–Crippen MR) is 65.4 cm³/mol. The largest absolute Gasteiger partial charge is 0.329 e. The molecule has 0 saturated carbocycles. The zero-order valence-corrected chi connectivity index (χ0v) is 9.50. The Balaban J connectivity index is 2.21. The van der Waals surface area contributed by atoms with E-state index in [0.29, 0.717) is 6.04 Å². The first kappa shape index (κ1) is 10.9. The summed E-state index contributed by atoms with van der Waals surface area (Å²) in [6.07, 6.45) is 5.70. The van der Waals surface area contributed by atoms with Gasteiger partial charge in [-0.1, -0.05) is 37.3 Å². The van der Waals surface area contributed by atoms with Crippen LogP contribution in [0.1, 0.15) is 18.5 Å². The molecule has 0 saturated heterocycles. The summed E-state index contributed by atoms with van der Waals surface area (Å²) in [4.78, 5) is 4.11. The van der Waals surface area contributed by atoms with E-state index >= 15 is 0 Å². The van der Waals surface area contributed by atoms with Crippen molar-refractivity contribution >= 4 is 0 Å². The Kier molecular flexibility index (Phi) is 3.72. The fraction of sp³-hybridized carbons (Fsp3) is 0.308. The van der Waals surface area contributed by atoms with E-state index in [2.05, 4.69) is 46.1 Å². The van der Waals surface area contributed by atoms with Gasteiger partial charge < -0.3 is 9.88 Å². The summed E-state index contributed by atoms with van der Waals surface area (Å²) in [7, 11) is 0. The van der Waals surface area contributed by atoms with Crippen molar-refractivity contribution in [2.75, 3.05) is 13.1 Å². The van der Waals surface area contributed by atoms with Gasteiger partial charge in [-0.3, -0.25) is 0 Å². The third-order valence-electron chi connectivity index (χ3n) is 2.66. The molecule has 0 aliphatic carbocycles. The minimum absolute atomic E-state index is 0.323. The van der Waals surface area contributed by atoms with Crippen molar-refractivity contribution in [3.63, 3.8) is 0 Å². The van der Waals surface area contributed by atoms with Crippen LogP contribution in [0.2, 0.25) is 0 Å². The van der Waals surface area contributed by atoms with E-state index in [1.165, 1.54) is 5.56 Å². The van der Waals surface area contributed by atoms with Gasteiger partial charge in [-0.05, 0) is 12.1 Å². The highest BCUT2D eigenvalue weighted by molar-refractivity contribution is 5.20.